The predicted octanol–water partition coefficient (Wildman–Crippen LogP) is 18.8. The maximum absolute atomic E-state index is 14.5. The SMILES string of the molecule is CCc1ccc2c(c1-c1cc(C(F)(F)F)cc(C(F)(F)F)c1)C=C(c1cc(C)c(C)o1)[CH]2[Zr]([Cl])([Cl])([CH]1C(c2cc(C)c(C)o2)=Cc2c1ccc(CC)c2-c1cc(C(F)(F)F)cc(C(F)(F)F)c1)=[Si](C)C. The van der Waals surface area contributed by atoms with E-state index in [9.17, 15) is 52.7 Å². The molecule has 0 N–H and O–H groups in total. The third-order valence-electron chi connectivity index (χ3n) is 14.0. The van der Waals surface area contributed by atoms with Crippen LogP contribution in [0.25, 0.3) is 45.6 Å². The second kappa shape index (κ2) is 17.5. The second-order valence-corrected chi connectivity index (χ2v) is 57.2. The fourth-order valence-corrected chi connectivity index (χ4v) is 37.9. The van der Waals surface area contributed by atoms with Gasteiger partial charge in [-0.2, -0.15) is 0 Å². The fourth-order valence-electron chi connectivity index (χ4n) is 10.2. The number of hydrogen-bond donors (Lipinski definition) is 0. The van der Waals surface area contributed by atoms with E-state index < -0.39 is 74.7 Å². The summed E-state index contributed by atoms with van der Waals surface area (Å²) in [6.45, 7) is 14.3. The Bertz CT molecular complexity index is 2970. The van der Waals surface area contributed by atoms with Crippen molar-refractivity contribution in [1.29, 1.82) is 0 Å². The Labute approximate surface area is 404 Å². The van der Waals surface area contributed by atoms with Gasteiger partial charge >= 0.3 is 407 Å². The Kier molecular flexibility index (Phi) is 13.0. The zero-order valence-corrected chi connectivity index (χ0v) is 43.7. The number of aryl methyl sites for hydroxylation is 6. The molecule has 0 spiro atoms. The van der Waals surface area contributed by atoms with Crippen molar-refractivity contribution in [2.24, 2.45) is 0 Å². The second-order valence-electron chi connectivity index (χ2n) is 18.4. The average Bonchev–Trinajstić information content (AvgIpc) is 4.04. The molecule has 2 aromatic heterocycles. The molecule has 0 fully saturated rings. The number of benzene rings is 4. The molecule has 8 rings (SSSR count). The van der Waals surface area contributed by atoms with E-state index in [2.05, 4.69) is 0 Å². The number of alkyl halides is 12. The molecule has 0 saturated heterocycles. The summed E-state index contributed by atoms with van der Waals surface area (Å²) in [6.07, 6.45) is -16.9. The van der Waals surface area contributed by atoms with Crippen LogP contribution in [-0.2, 0) is 52.6 Å². The summed E-state index contributed by atoms with van der Waals surface area (Å²) in [5.41, 5.74) is -4.11. The number of allylic oxidation sites excluding steroid dienone is 2. The molecule has 0 saturated carbocycles. The Morgan fingerprint density at radius 1 is 0.500 bits per heavy atom. The van der Waals surface area contributed by atoms with Crippen LogP contribution in [0, 0.1) is 27.7 Å². The van der Waals surface area contributed by atoms with Crippen molar-refractivity contribution in [2.75, 3.05) is 0 Å². The van der Waals surface area contributed by atoms with E-state index >= 15 is 0 Å². The van der Waals surface area contributed by atoms with Gasteiger partial charge in [-0.25, -0.2) is 0 Å². The minimum atomic E-state index is -6.32. The molecule has 70 heavy (non-hydrogen) atoms. The number of fused-ring (bicyclic) bond motifs is 2. The van der Waals surface area contributed by atoms with Crippen LogP contribution in [0.15, 0.2) is 81.6 Å². The molecular weight excluding hydrogens is 1070 g/mol. The van der Waals surface area contributed by atoms with Crippen LogP contribution in [0.1, 0.15) is 111 Å². The molecule has 2 aliphatic rings. The van der Waals surface area contributed by atoms with E-state index in [0.717, 1.165) is 11.1 Å². The van der Waals surface area contributed by atoms with Crippen LogP contribution in [0.5, 0.6) is 0 Å². The van der Waals surface area contributed by atoms with Crippen molar-refractivity contribution >= 4 is 45.8 Å². The van der Waals surface area contributed by atoms with Crippen molar-refractivity contribution in [3.63, 3.8) is 0 Å². The van der Waals surface area contributed by atoms with E-state index in [-0.39, 0.29) is 58.4 Å². The van der Waals surface area contributed by atoms with E-state index in [4.69, 9.17) is 25.9 Å². The van der Waals surface area contributed by atoms with Gasteiger partial charge in [-0.05, 0) is 0 Å². The van der Waals surface area contributed by atoms with Crippen molar-refractivity contribution in [3.05, 3.63) is 163 Å². The number of hydrogen-bond acceptors (Lipinski definition) is 2. The zero-order valence-electron chi connectivity index (χ0n) is 38.8. The molecule has 2 heterocycles. The molecule has 0 amide bonds. The van der Waals surface area contributed by atoms with Gasteiger partial charge in [0.25, 0.3) is 0 Å². The first-order valence-electron chi connectivity index (χ1n) is 22.2. The van der Waals surface area contributed by atoms with Gasteiger partial charge in [0, 0.05) is 0 Å². The van der Waals surface area contributed by atoms with Crippen LogP contribution >= 0.6 is 17.0 Å². The molecule has 2 unspecified atom stereocenters. The van der Waals surface area contributed by atoms with E-state index in [1.54, 1.807) is 90.1 Å². The maximum atomic E-state index is 14.5. The molecule has 0 bridgehead atoms. The number of rotatable bonds is 8. The topological polar surface area (TPSA) is 26.3 Å². The molecule has 2 aliphatic carbocycles. The Morgan fingerprint density at radius 3 is 1.06 bits per heavy atom. The summed E-state index contributed by atoms with van der Waals surface area (Å²) in [6, 6.07) is 13.2. The van der Waals surface area contributed by atoms with Crippen molar-refractivity contribution < 1.29 is 76.5 Å². The van der Waals surface area contributed by atoms with Gasteiger partial charge in [-0.1, -0.05) is 0 Å². The zero-order chi connectivity index (χ0) is 51.6. The first kappa shape index (κ1) is 52.1. The number of furan rings is 2. The molecular formula is C52H44Cl2F12O2SiZr. The van der Waals surface area contributed by atoms with Gasteiger partial charge in [0.2, 0.25) is 0 Å². The molecule has 18 heteroatoms. The van der Waals surface area contributed by atoms with Gasteiger partial charge < -0.3 is 0 Å². The third kappa shape index (κ3) is 8.71. The van der Waals surface area contributed by atoms with Gasteiger partial charge in [0.15, 0.2) is 0 Å². The molecule has 0 aliphatic heterocycles. The predicted molar refractivity (Wildman–Crippen MR) is 249 cm³/mol. The standard InChI is InChI=1S/2C25H19F6O.C2H6Si.2ClH.Zr/c2*1-4-15-5-6-16-8-17(22-7-13(2)14(3)32-22)11-21(16)23(15)18-9-19(24(26,27)28)12-20(10-18)25(29,30)31;1-3-2;;;/h2*5-12H,4H2,1-3H3;1-2H3;2*1H;/q;;;;;+2/p-2. The fraction of sp³-hybridized carbons (Fsp3) is 0.308. The Balaban J connectivity index is 1.51. The minimum absolute atomic E-state index is 0.0680. The van der Waals surface area contributed by atoms with E-state index in [1.165, 1.54) is 0 Å². The quantitative estimate of drug-likeness (QED) is 0.112. The van der Waals surface area contributed by atoms with Gasteiger partial charge in [-0.15, -0.1) is 0 Å². The summed E-state index contributed by atoms with van der Waals surface area (Å²) in [7, 11) is 17.4. The molecule has 6 aromatic rings. The summed E-state index contributed by atoms with van der Waals surface area (Å²) >= 11 is -6.32. The van der Waals surface area contributed by atoms with E-state index in [1.807, 2.05) is 13.1 Å². The summed E-state index contributed by atoms with van der Waals surface area (Å²) < 4.78 is 185. The van der Waals surface area contributed by atoms with E-state index in [0.29, 0.717) is 80.7 Å². The monoisotopic (exact) mass is 1120 g/mol. The van der Waals surface area contributed by atoms with Crippen molar-refractivity contribution in [1.82, 2.24) is 0 Å². The molecule has 370 valence electrons. The van der Waals surface area contributed by atoms with Crippen molar-refractivity contribution in [2.45, 2.75) is 99.4 Å². The molecule has 0 radical (unpaired) electrons. The normalized spacial score (nSPS) is 16.7. The summed E-state index contributed by atoms with van der Waals surface area (Å²) in [5.74, 6) is 1.61. The third-order valence-corrected chi connectivity index (χ3v) is 60.3. The average molecular weight is 1120 g/mol. The van der Waals surface area contributed by atoms with Crippen LogP contribution < -0.4 is 0 Å². The van der Waals surface area contributed by atoms with Gasteiger partial charge in [0.05, 0.1) is 0 Å². The molecule has 4 aromatic carbocycles. The first-order valence-corrected chi connectivity index (χ1v) is 37.5. The van der Waals surface area contributed by atoms with Crippen LogP contribution in [0.4, 0.5) is 52.7 Å². The summed E-state index contributed by atoms with van der Waals surface area (Å²) in [4.78, 5) is 0. The Morgan fingerprint density at radius 2 is 0.814 bits per heavy atom. The van der Waals surface area contributed by atoms with Crippen LogP contribution in [-0.4, -0.2) is 5.43 Å². The molecule has 2 nitrogen and oxygen atoms in total. The molecule has 2 atom stereocenters. The van der Waals surface area contributed by atoms with Gasteiger partial charge in [0.1, 0.15) is 0 Å². The summed E-state index contributed by atoms with van der Waals surface area (Å²) in [5, 5.41) is 0. The first-order chi connectivity index (χ1) is 32.3. The number of halogens is 14. The van der Waals surface area contributed by atoms with Crippen molar-refractivity contribution in [3.8, 4) is 22.3 Å². The Hall–Kier alpha value is -4.24. The van der Waals surface area contributed by atoms with Crippen LogP contribution in [0.3, 0.4) is 0 Å². The van der Waals surface area contributed by atoms with Crippen LogP contribution in [0.2, 0.25) is 13.1 Å². The van der Waals surface area contributed by atoms with Gasteiger partial charge in [-0.3, -0.25) is 0 Å².